The molecule has 1 atom stereocenters. The molecular weight excluding hydrogens is 512 g/mol. The first-order valence-corrected chi connectivity index (χ1v) is 14.4. The summed E-state index contributed by atoms with van der Waals surface area (Å²) in [5.41, 5.74) is 8.81. The third-order valence-electron chi connectivity index (χ3n) is 8.62. The summed E-state index contributed by atoms with van der Waals surface area (Å²) < 4.78 is 8.91. The van der Waals surface area contributed by atoms with Gasteiger partial charge in [0.15, 0.2) is 0 Å². The normalized spacial score (nSPS) is 14.8. The summed E-state index contributed by atoms with van der Waals surface area (Å²) in [5, 5.41) is 11.1. The Hall–Kier alpha value is -5.54. The number of aromatic nitrogens is 1. The SMILES string of the molecule is C1=c2ccccc2=C(c2ccccc2)NC1c1cccc2oc3cc(-n4c5ccccc5c5ccccc54)ccc3c12. The van der Waals surface area contributed by atoms with Crippen molar-refractivity contribution in [3.63, 3.8) is 0 Å². The van der Waals surface area contributed by atoms with Crippen LogP contribution in [0.2, 0.25) is 0 Å². The van der Waals surface area contributed by atoms with E-state index in [1.807, 2.05) is 0 Å². The molecule has 198 valence electrons. The van der Waals surface area contributed by atoms with E-state index < -0.39 is 0 Å². The summed E-state index contributed by atoms with van der Waals surface area (Å²) >= 11 is 0. The van der Waals surface area contributed by atoms with Gasteiger partial charge in [-0.15, -0.1) is 0 Å². The largest absolute Gasteiger partial charge is 0.456 e. The van der Waals surface area contributed by atoms with E-state index in [0.29, 0.717) is 0 Å². The Bertz CT molecular complexity index is 2390. The molecule has 8 aromatic rings. The summed E-state index contributed by atoms with van der Waals surface area (Å²) in [6.45, 7) is 0. The number of para-hydroxylation sites is 2. The first-order valence-electron chi connectivity index (χ1n) is 14.4. The first kappa shape index (κ1) is 23.2. The van der Waals surface area contributed by atoms with E-state index in [4.69, 9.17) is 4.42 Å². The number of nitrogens with one attached hydrogen (secondary N) is 1. The molecule has 3 heterocycles. The van der Waals surface area contributed by atoms with Crippen molar-refractivity contribution in [2.45, 2.75) is 6.04 Å². The second kappa shape index (κ2) is 8.98. The van der Waals surface area contributed by atoms with Gasteiger partial charge < -0.3 is 14.3 Å². The van der Waals surface area contributed by atoms with E-state index in [0.717, 1.165) is 33.3 Å². The fraction of sp³-hybridized carbons (Fsp3) is 0.0256. The molecule has 0 saturated carbocycles. The molecule has 9 rings (SSSR count). The van der Waals surface area contributed by atoms with Gasteiger partial charge in [-0.05, 0) is 52.8 Å². The van der Waals surface area contributed by atoms with Gasteiger partial charge in [0.1, 0.15) is 11.2 Å². The highest BCUT2D eigenvalue weighted by Gasteiger charge is 2.21. The molecule has 0 aliphatic carbocycles. The van der Waals surface area contributed by atoms with E-state index in [2.05, 4.69) is 155 Å². The monoisotopic (exact) mass is 538 g/mol. The molecule has 0 saturated heterocycles. The van der Waals surface area contributed by atoms with Gasteiger partial charge in [0.2, 0.25) is 0 Å². The lowest BCUT2D eigenvalue weighted by molar-refractivity contribution is 0.668. The number of hydrogen-bond donors (Lipinski definition) is 1. The van der Waals surface area contributed by atoms with Gasteiger partial charge in [0.25, 0.3) is 0 Å². The van der Waals surface area contributed by atoms with Crippen LogP contribution < -0.4 is 15.8 Å². The predicted molar refractivity (Wildman–Crippen MR) is 173 cm³/mol. The van der Waals surface area contributed by atoms with Crippen molar-refractivity contribution in [3.8, 4) is 5.69 Å². The molecule has 0 fully saturated rings. The molecule has 42 heavy (non-hydrogen) atoms. The summed E-state index contributed by atoms with van der Waals surface area (Å²) in [7, 11) is 0. The average Bonchev–Trinajstić information content (AvgIpc) is 3.60. The van der Waals surface area contributed by atoms with Crippen LogP contribution >= 0.6 is 0 Å². The molecule has 1 aliphatic rings. The maximum Gasteiger partial charge on any atom is 0.137 e. The molecule has 3 heteroatoms. The number of benzene rings is 6. The van der Waals surface area contributed by atoms with Crippen LogP contribution in [0, 0.1) is 0 Å². The Labute approximate surface area is 242 Å². The van der Waals surface area contributed by atoms with E-state index in [-0.39, 0.29) is 6.04 Å². The zero-order chi connectivity index (χ0) is 27.6. The molecule has 0 bridgehead atoms. The molecule has 1 N–H and O–H groups in total. The highest BCUT2D eigenvalue weighted by atomic mass is 16.3. The molecule has 0 spiro atoms. The zero-order valence-corrected chi connectivity index (χ0v) is 22.8. The minimum absolute atomic E-state index is 0.00313. The molecule has 0 radical (unpaired) electrons. The quantitative estimate of drug-likeness (QED) is 0.247. The second-order valence-electron chi connectivity index (χ2n) is 11.0. The van der Waals surface area contributed by atoms with Crippen LogP contribution in [-0.4, -0.2) is 4.57 Å². The highest BCUT2D eigenvalue weighted by Crippen LogP contribution is 2.38. The summed E-state index contributed by atoms with van der Waals surface area (Å²) in [5.74, 6) is 0. The fourth-order valence-electron chi connectivity index (χ4n) is 6.78. The third kappa shape index (κ3) is 3.40. The standard InChI is InChI=1S/C39H26N2O/c1-2-11-25(12-3-1)39-28-14-5-4-13-26(28)23-33(40-39)31-17-10-20-36-38(31)32-22-21-27(24-37(32)42-36)41-34-18-8-6-15-29(34)30-16-7-9-19-35(30)41/h1-24,33,40H. The van der Waals surface area contributed by atoms with Crippen LogP contribution in [0.25, 0.3) is 61.2 Å². The number of hydrogen-bond acceptors (Lipinski definition) is 2. The zero-order valence-electron chi connectivity index (χ0n) is 22.8. The van der Waals surface area contributed by atoms with Crippen molar-refractivity contribution < 1.29 is 4.42 Å². The van der Waals surface area contributed by atoms with Crippen molar-refractivity contribution in [2.75, 3.05) is 0 Å². The van der Waals surface area contributed by atoms with Crippen LogP contribution in [0.1, 0.15) is 17.2 Å². The van der Waals surface area contributed by atoms with Crippen molar-refractivity contribution in [2.24, 2.45) is 0 Å². The third-order valence-corrected chi connectivity index (χ3v) is 8.62. The topological polar surface area (TPSA) is 30.1 Å². The van der Waals surface area contributed by atoms with Gasteiger partial charge in [-0.1, -0.05) is 103 Å². The minimum Gasteiger partial charge on any atom is -0.456 e. The van der Waals surface area contributed by atoms with E-state index in [1.54, 1.807) is 0 Å². The van der Waals surface area contributed by atoms with E-state index in [9.17, 15) is 0 Å². The van der Waals surface area contributed by atoms with E-state index >= 15 is 0 Å². The first-order chi connectivity index (χ1) is 20.8. The van der Waals surface area contributed by atoms with Crippen molar-refractivity contribution in [1.82, 2.24) is 9.88 Å². The Kier molecular flexibility index (Phi) is 4.96. The highest BCUT2D eigenvalue weighted by molar-refractivity contribution is 6.11. The number of furan rings is 1. The Morgan fingerprint density at radius 1 is 0.571 bits per heavy atom. The number of rotatable bonds is 3. The van der Waals surface area contributed by atoms with Crippen LogP contribution in [0.15, 0.2) is 144 Å². The van der Waals surface area contributed by atoms with Crippen LogP contribution in [0.4, 0.5) is 0 Å². The minimum atomic E-state index is -0.00313. The van der Waals surface area contributed by atoms with Gasteiger partial charge in [-0.25, -0.2) is 0 Å². The lowest BCUT2D eigenvalue weighted by Gasteiger charge is -2.24. The Morgan fingerprint density at radius 3 is 2.10 bits per heavy atom. The molecule has 6 aromatic carbocycles. The molecule has 2 aromatic heterocycles. The summed E-state index contributed by atoms with van der Waals surface area (Å²) in [4.78, 5) is 0. The van der Waals surface area contributed by atoms with E-state index in [1.165, 1.54) is 43.4 Å². The summed E-state index contributed by atoms with van der Waals surface area (Å²) in [6, 6.07) is 49.5. The van der Waals surface area contributed by atoms with Crippen molar-refractivity contribution >= 4 is 55.5 Å². The number of nitrogens with zero attached hydrogens (tertiary/aromatic N) is 1. The average molecular weight is 539 g/mol. The van der Waals surface area contributed by atoms with Crippen molar-refractivity contribution in [3.05, 3.63) is 161 Å². The van der Waals surface area contributed by atoms with Gasteiger partial charge in [-0.3, -0.25) is 0 Å². The van der Waals surface area contributed by atoms with Gasteiger partial charge in [0, 0.05) is 38.5 Å². The van der Waals surface area contributed by atoms with Gasteiger partial charge in [0.05, 0.1) is 22.8 Å². The fourth-order valence-corrected chi connectivity index (χ4v) is 6.78. The second-order valence-corrected chi connectivity index (χ2v) is 11.0. The predicted octanol–water partition coefficient (Wildman–Crippen LogP) is 7.96. The molecule has 3 nitrogen and oxygen atoms in total. The molecule has 1 unspecified atom stereocenters. The van der Waals surface area contributed by atoms with Gasteiger partial charge in [-0.2, -0.15) is 0 Å². The lowest BCUT2D eigenvalue weighted by atomic mass is 9.94. The molecule has 0 amide bonds. The maximum atomic E-state index is 6.57. The Morgan fingerprint density at radius 2 is 1.29 bits per heavy atom. The Balaban J connectivity index is 1.23. The smallest absolute Gasteiger partial charge is 0.137 e. The maximum absolute atomic E-state index is 6.57. The van der Waals surface area contributed by atoms with Crippen LogP contribution in [0.3, 0.4) is 0 Å². The lowest BCUT2D eigenvalue weighted by Crippen LogP contribution is -2.39. The molecule has 1 aliphatic heterocycles. The van der Waals surface area contributed by atoms with Crippen LogP contribution in [-0.2, 0) is 0 Å². The van der Waals surface area contributed by atoms with Gasteiger partial charge >= 0.3 is 0 Å². The number of fused-ring (bicyclic) bond motifs is 7. The van der Waals surface area contributed by atoms with Crippen molar-refractivity contribution in [1.29, 1.82) is 0 Å². The molecular formula is C39H26N2O. The van der Waals surface area contributed by atoms with Crippen LogP contribution in [0.5, 0.6) is 0 Å². The summed E-state index contributed by atoms with van der Waals surface area (Å²) in [6.07, 6.45) is 2.34.